The highest BCUT2D eigenvalue weighted by molar-refractivity contribution is 7.98. The topological polar surface area (TPSA) is 34.9 Å². The third kappa shape index (κ3) is 3.78. The Bertz CT molecular complexity index is 1180. The Morgan fingerprint density at radius 1 is 1.14 bits per heavy atom. The molecule has 0 aliphatic rings. The summed E-state index contributed by atoms with van der Waals surface area (Å²) in [7, 11) is 0. The zero-order valence-corrected chi connectivity index (χ0v) is 17.4. The molecule has 2 aromatic carbocycles. The molecule has 2 aromatic heterocycles. The lowest BCUT2D eigenvalue weighted by Gasteiger charge is -2.11. The van der Waals surface area contributed by atoms with Gasteiger partial charge in [-0.05, 0) is 23.3 Å². The first-order chi connectivity index (χ1) is 13.7. The van der Waals surface area contributed by atoms with E-state index in [4.69, 9.17) is 16.6 Å². The van der Waals surface area contributed by atoms with E-state index in [-0.39, 0.29) is 5.56 Å². The maximum absolute atomic E-state index is 13.3. The second-order valence-corrected chi connectivity index (χ2v) is 8.45. The number of aromatic nitrogens is 2. The fourth-order valence-corrected chi connectivity index (χ4v) is 5.04. The molecule has 0 fully saturated rings. The van der Waals surface area contributed by atoms with Crippen molar-refractivity contribution in [3.8, 4) is 11.1 Å². The van der Waals surface area contributed by atoms with Gasteiger partial charge in [0.15, 0.2) is 5.16 Å². The highest BCUT2D eigenvalue weighted by Gasteiger charge is 2.17. The van der Waals surface area contributed by atoms with E-state index in [1.54, 1.807) is 22.4 Å². The van der Waals surface area contributed by atoms with Gasteiger partial charge in [0.05, 0.1) is 5.39 Å². The van der Waals surface area contributed by atoms with Crippen molar-refractivity contribution in [3.05, 3.63) is 93.6 Å². The molecule has 4 aromatic rings. The number of fused-ring (bicyclic) bond motifs is 1. The highest BCUT2D eigenvalue weighted by atomic mass is 35.5. The zero-order valence-electron chi connectivity index (χ0n) is 15.0. The average molecular weight is 425 g/mol. The second-order valence-electron chi connectivity index (χ2n) is 6.21. The number of hydrogen-bond acceptors (Lipinski definition) is 4. The minimum atomic E-state index is -0.0244. The van der Waals surface area contributed by atoms with Crippen molar-refractivity contribution < 1.29 is 0 Å². The maximum Gasteiger partial charge on any atom is 0.263 e. The summed E-state index contributed by atoms with van der Waals surface area (Å²) in [5.74, 6) is 0.711. The number of allylic oxidation sites excluding steroid dienone is 1. The zero-order chi connectivity index (χ0) is 19.5. The number of rotatable bonds is 6. The monoisotopic (exact) mass is 424 g/mol. The predicted molar refractivity (Wildman–Crippen MR) is 121 cm³/mol. The summed E-state index contributed by atoms with van der Waals surface area (Å²) in [5.41, 5.74) is 3.07. The van der Waals surface area contributed by atoms with Crippen LogP contribution in [0.1, 0.15) is 5.56 Å². The molecular formula is C22H17ClN2OS2. The van der Waals surface area contributed by atoms with E-state index < -0.39 is 0 Å². The number of thiophene rings is 1. The number of halogens is 1. The lowest BCUT2D eigenvalue weighted by atomic mass is 10.1. The minimum Gasteiger partial charge on any atom is -0.283 e. The van der Waals surface area contributed by atoms with E-state index in [0.717, 1.165) is 21.5 Å². The number of hydrogen-bond donors (Lipinski definition) is 0. The van der Waals surface area contributed by atoms with E-state index in [1.807, 2.05) is 60.0 Å². The fourth-order valence-electron chi connectivity index (χ4n) is 2.96. The Morgan fingerprint density at radius 3 is 2.61 bits per heavy atom. The van der Waals surface area contributed by atoms with Gasteiger partial charge in [0.2, 0.25) is 0 Å². The van der Waals surface area contributed by atoms with Gasteiger partial charge in [-0.15, -0.1) is 17.9 Å². The van der Waals surface area contributed by atoms with E-state index >= 15 is 0 Å². The van der Waals surface area contributed by atoms with Crippen molar-refractivity contribution in [2.45, 2.75) is 17.5 Å². The van der Waals surface area contributed by atoms with Crippen LogP contribution in [0.5, 0.6) is 0 Å². The summed E-state index contributed by atoms with van der Waals surface area (Å²) in [6.07, 6.45) is 1.73. The van der Waals surface area contributed by atoms with E-state index in [1.165, 1.54) is 11.3 Å². The number of nitrogens with zero attached hydrogens (tertiary/aromatic N) is 2. The molecule has 28 heavy (non-hydrogen) atoms. The van der Waals surface area contributed by atoms with E-state index in [9.17, 15) is 4.79 Å². The Labute approximate surface area is 176 Å². The van der Waals surface area contributed by atoms with Gasteiger partial charge in [0.25, 0.3) is 5.56 Å². The highest BCUT2D eigenvalue weighted by Crippen LogP contribution is 2.32. The van der Waals surface area contributed by atoms with Crippen LogP contribution in [0, 0.1) is 0 Å². The Balaban J connectivity index is 1.77. The van der Waals surface area contributed by atoms with Crippen LogP contribution < -0.4 is 5.56 Å². The molecule has 2 heterocycles. The lowest BCUT2D eigenvalue weighted by molar-refractivity contribution is 0.673. The molecule has 0 aliphatic carbocycles. The van der Waals surface area contributed by atoms with Crippen molar-refractivity contribution in [2.75, 3.05) is 0 Å². The molecular weight excluding hydrogens is 408 g/mol. The molecule has 0 aliphatic heterocycles. The summed E-state index contributed by atoms with van der Waals surface area (Å²) in [5, 5.41) is 4.10. The summed E-state index contributed by atoms with van der Waals surface area (Å²) in [4.78, 5) is 18.9. The third-order valence-electron chi connectivity index (χ3n) is 4.34. The quantitative estimate of drug-likeness (QED) is 0.208. The molecule has 6 heteroatoms. The molecule has 4 rings (SSSR count). The molecule has 0 spiro atoms. The van der Waals surface area contributed by atoms with Gasteiger partial charge in [0, 0.05) is 28.3 Å². The maximum atomic E-state index is 13.3. The van der Waals surface area contributed by atoms with Gasteiger partial charge in [-0.1, -0.05) is 71.9 Å². The van der Waals surface area contributed by atoms with Crippen molar-refractivity contribution in [1.82, 2.24) is 9.55 Å². The van der Waals surface area contributed by atoms with Crippen LogP contribution >= 0.6 is 34.7 Å². The first-order valence-electron chi connectivity index (χ1n) is 8.73. The smallest absolute Gasteiger partial charge is 0.263 e. The SMILES string of the molecule is C=CCn1c(SCc2ccc(Cl)cc2)nc2scc(-c3ccccc3)c2c1=O. The van der Waals surface area contributed by atoms with Gasteiger partial charge in [-0.2, -0.15) is 0 Å². The minimum absolute atomic E-state index is 0.0244. The Hall–Kier alpha value is -2.34. The number of thioether (sulfide) groups is 1. The van der Waals surface area contributed by atoms with Crippen LogP contribution in [-0.4, -0.2) is 9.55 Å². The largest absolute Gasteiger partial charge is 0.283 e. The van der Waals surface area contributed by atoms with Crippen molar-refractivity contribution in [1.29, 1.82) is 0 Å². The summed E-state index contributed by atoms with van der Waals surface area (Å²) < 4.78 is 1.70. The summed E-state index contributed by atoms with van der Waals surface area (Å²) >= 11 is 9.01. The second kappa shape index (κ2) is 8.35. The molecule has 0 bridgehead atoms. The molecule has 140 valence electrons. The molecule has 0 amide bonds. The standard InChI is InChI=1S/C22H17ClN2OS2/c1-2-12-25-21(26)19-18(16-6-4-3-5-7-16)14-27-20(19)24-22(25)28-13-15-8-10-17(23)11-9-15/h2-11,14H,1,12-13H2. The van der Waals surface area contributed by atoms with Gasteiger partial charge >= 0.3 is 0 Å². The molecule has 0 radical (unpaired) electrons. The van der Waals surface area contributed by atoms with Gasteiger partial charge < -0.3 is 0 Å². The third-order valence-corrected chi connectivity index (χ3v) is 6.51. The molecule has 0 saturated carbocycles. The lowest BCUT2D eigenvalue weighted by Crippen LogP contribution is -2.22. The van der Waals surface area contributed by atoms with E-state index in [2.05, 4.69) is 6.58 Å². The molecule has 3 nitrogen and oxygen atoms in total. The Kier molecular flexibility index (Phi) is 5.67. The predicted octanol–water partition coefficient (Wildman–Crippen LogP) is 6.26. The van der Waals surface area contributed by atoms with Crippen LogP contribution in [0.3, 0.4) is 0 Å². The normalized spacial score (nSPS) is 11.0. The summed E-state index contributed by atoms with van der Waals surface area (Å²) in [6, 6.07) is 17.7. The van der Waals surface area contributed by atoms with Crippen LogP contribution in [0.2, 0.25) is 5.02 Å². The van der Waals surface area contributed by atoms with Crippen LogP contribution in [-0.2, 0) is 12.3 Å². The van der Waals surface area contributed by atoms with Crippen molar-refractivity contribution in [3.63, 3.8) is 0 Å². The van der Waals surface area contributed by atoms with Crippen molar-refractivity contribution >= 4 is 44.9 Å². The molecule has 0 N–H and O–H groups in total. The summed E-state index contributed by atoms with van der Waals surface area (Å²) in [6.45, 7) is 4.23. The van der Waals surface area contributed by atoms with Gasteiger partial charge in [-0.3, -0.25) is 9.36 Å². The first kappa shape index (κ1) is 19.0. The Morgan fingerprint density at radius 2 is 1.89 bits per heavy atom. The molecule has 0 saturated heterocycles. The van der Waals surface area contributed by atoms with E-state index in [0.29, 0.717) is 27.9 Å². The van der Waals surface area contributed by atoms with Crippen LogP contribution in [0.15, 0.2) is 82.6 Å². The average Bonchev–Trinajstić information content (AvgIpc) is 3.15. The van der Waals surface area contributed by atoms with Crippen LogP contribution in [0.25, 0.3) is 21.3 Å². The fraction of sp³-hybridized carbons (Fsp3) is 0.0909. The van der Waals surface area contributed by atoms with Gasteiger partial charge in [-0.25, -0.2) is 4.98 Å². The first-order valence-corrected chi connectivity index (χ1v) is 11.0. The molecule has 0 unspecified atom stereocenters. The molecule has 0 atom stereocenters. The van der Waals surface area contributed by atoms with Crippen LogP contribution in [0.4, 0.5) is 0 Å². The van der Waals surface area contributed by atoms with Crippen molar-refractivity contribution in [2.24, 2.45) is 0 Å². The number of benzene rings is 2. The van der Waals surface area contributed by atoms with Gasteiger partial charge in [0.1, 0.15) is 4.83 Å².